The first-order valence-corrected chi connectivity index (χ1v) is 8.05. The molecule has 1 aromatic carbocycles. The number of hydrogen-bond acceptors (Lipinski definition) is 6. The van der Waals surface area contributed by atoms with E-state index in [2.05, 4.69) is 14.9 Å². The molecule has 1 fully saturated rings. The summed E-state index contributed by atoms with van der Waals surface area (Å²) in [7, 11) is 3.30. The zero-order valence-corrected chi connectivity index (χ0v) is 14.1. The normalized spacial score (nSPS) is 21.0. The second-order valence-electron chi connectivity index (χ2n) is 6.14. The van der Waals surface area contributed by atoms with Crippen LogP contribution < -0.4 is 9.47 Å². The highest BCUT2D eigenvalue weighted by Crippen LogP contribution is 2.26. The molecule has 0 aliphatic carbocycles. The third-order valence-corrected chi connectivity index (χ3v) is 4.39. The minimum Gasteiger partial charge on any atom is -0.497 e. The maximum Gasteiger partial charge on any atom is 0.122 e. The van der Waals surface area contributed by atoms with Crippen molar-refractivity contribution in [2.75, 3.05) is 27.3 Å². The van der Waals surface area contributed by atoms with E-state index in [1.165, 1.54) is 0 Å². The van der Waals surface area contributed by atoms with Crippen molar-refractivity contribution in [2.24, 2.45) is 5.92 Å². The number of aliphatic hydroxyl groups is 1. The van der Waals surface area contributed by atoms with Crippen molar-refractivity contribution in [3.63, 3.8) is 0 Å². The van der Waals surface area contributed by atoms with Gasteiger partial charge in [0.15, 0.2) is 0 Å². The van der Waals surface area contributed by atoms with Gasteiger partial charge >= 0.3 is 0 Å². The summed E-state index contributed by atoms with van der Waals surface area (Å²) in [5.74, 6) is 1.73. The minimum atomic E-state index is -0.348. The molecule has 1 aliphatic heterocycles. The van der Waals surface area contributed by atoms with Crippen LogP contribution in [-0.4, -0.2) is 53.4 Å². The lowest BCUT2D eigenvalue weighted by Gasteiger charge is -2.17. The van der Waals surface area contributed by atoms with Gasteiger partial charge in [-0.15, -0.1) is 0 Å². The number of rotatable bonds is 6. The second-order valence-corrected chi connectivity index (χ2v) is 6.14. The Balaban J connectivity index is 1.65. The lowest BCUT2D eigenvalue weighted by molar-refractivity contribution is 0.140. The summed E-state index contributed by atoms with van der Waals surface area (Å²) in [6.45, 7) is 2.24. The second kappa shape index (κ2) is 7.59. The number of nitrogens with zero attached hydrogens (tertiary/aromatic N) is 3. The molecule has 2 heterocycles. The summed E-state index contributed by atoms with van der Waals surface area (Å²) in [6.07, 6.45) is 5.52. The zero-order valence-electron chi connectivity index (χ0n) is 14.1. The molecule has 24 heavy (non-hydrogen) atoms. The van der Waals surface area contributed by atoms with E-state index in [0.717, 1.165) is 42.3 Å². The van der Waals surface area contributed by atoms with E-state index in [9.17, 15) is 5.11 Å². The van der Waals surface area contributed by atoms with Crippen molar-refractivity contribution in [3.8, 4) is 11.5 Å². The van der Waals surface area contributed by atoms with Crippen LogP contribution in [0.2, 0.25) is 0 Å². The van der Waals surface area contributed by atoms with E-state index in [1.807, 2.05) is 18.2 Å². The van der Waals surface area contributed by atoms with Crippen molar-refractivity contribution < 1.29 is 14.6 Å². The fraction of sp³-hybridized carbons (Fsp3) is 0.444. The summed E-state index contributed by atoms with van der Waals surface area (Å²) in [5.41, 5.74) is 2.03. The number of ether oxygens (including phenoxy) is 2. The summed E-state index contributed by atoms with van der Waals surface area (Å²) in [6, 6.07) is 5.87. The molecule has 0 saturated carbocycles. The van der Waals surface area contributed by atoms with Gasteiger partial charge in [0.25, 0.3) is 0 Å². The quantitative estimate of drug-likeness (QED) is 0.867. The third-order valence-electron chi connectivity index (χ3n) is 4.39. The number of aliphatic hydroxyl groups excluding tert-OH is 1. The standard InChI is InChI=1S/C18H23N3O3/c1-23-16-5-13(6-17(8-16)24-2)10-21-11-14(18(22)12-21)7-15-9-19-3-4-20-15/h3-6,8-9,14,18,22H,7,10-12H2,1-2H3. The Morgan fingerprint density at radius 2 is 1.88 bits per heavy atom. The Morgan fingerprint density at radius 3 is 2.50 bits per heavy atom. The van der Waals surface area contributed by atoms with Gasteiger partial charge in [-0.1, -0.05) is 0 Å². The predicted molar refractivity (Wildman–Crippen MR) is 90.1 cm³/mol. The van der Waals surface area contributed by atoms with Crippen LogP contribution in [0.5, 0.6) is 11.5 Å². The number of likely N-dealkylation sites (tertiary alicyclic amines) is 1. The van der Waals surface area contributed by atoms with Crippen LogP contribution in [0.3, 0.4) is 0 Å². The molecule has 0 bridgehead atoms. The Kier molecular flexibility index (Phi) is 5.27. The molecule has 2 unspecified atom stereocenters. The number of β-amino-alcohol motifs (C(OH)–C–C–N with tert-alkyl or cyclic N) is 1. The van der Waals surface area contributed by atoms with Gasteiger partial charge in [-0.25, -0.2) is 0 Å². The molecule has 1 aliphatic rings. The first-order valence-electron chi connectivity index (χ1n) is 8.05. The molecule has 6 nitrogen and oxygen atoms in total. The van der Waals surface area contributed by atoms with Gasteiger partial charge in [-0.05, 0) is 24.1 Å². The molecule has 0 amide bonds. The summed E-state index contributed by atoms with van der Waals surface area (Å²) in [4.78, 5) is 10.6. The smallest absolute Gasteiger partial charge is 0.122 e. The van der Waals surface area contributed by atoms with Crippen LogP contribution in [0, 0.1) is 5.92 Å². The van der Waals surface area contributed by atoms with Crippen molar-refractivity contribution in [1.82, 2.24) is 14.9 Å². The van der Waals surface area contributed by atoms with Crippen LogP contribution >= 0.6 is 0 Å². The topological polar surface area (TPSA) is 67.7 Å². The highest BCUT2D eigenvalue weighted by atomic mass is 16.5. The van der Waals surface area contributed by atoms with Crippen LogP contribution in [0.4, 0.5) is 0 Å². The fourth-order valence-corrected chi connectivity index (χ4v) is 3.19. The number of aromatic nitrogens is 2. The largest absolute Gasteiger partial charge is 0.497 e. The SMILES string of the molecule is COc1cc(CN2CC(O)C(Cc3cnccn3)C2)cc(OC)c1. The lowest BCUT2D eigenvalue weighted by atomic mass is 10.0. The number of methoxy groups -OCH3 is 2. The highest BCUT2D eigenvalue weighted by Gasteiger charge is 2.31. The Labute approximate surface area is 142 Å². The van der Waals surface area contributed by atoms with Gasteiger partial charge in [-0.2, -0.15) is 0 Å². The summed E-state index contributed by atoms with van der Waals surface area (Å²) in [5, 5.41) is 10.4. The van der Waals surface area contributed by atoms with Gasteiger partial charge in [0.2, 0.25) is 0 Å². The number of hydrogen-bond donors (Lipinski definition) is 1. The molecule has 1 saturated heterocycles. The average molecular weight is 329 g/mol. The van der Waals surface area contributed by atoms with Gasteiger partial charge in [0, 0.05) is 50.2 Å². The minimum absolute atomic E-state index is 0.175. The number of benzene rings is 1. The lowest BCUT2D eigenvalue weighted by Crippen LogP contribution is -2.21. The van der Waals surface area contributed by atoms with Crippen molar-refractivity contribution in [2.45, 2.75) is 19.1 Å². The molecule has 128 valence electrons. The first kappa shape index (κ1) is 16.7. The Hall–Kier alpha value is -2.18. The third kappa shape index (κ3) is 4.01. The zero-order chi connectivity index (χ0) is 16.9. The van der Waals surface area contributed by atoms with E-state index in [-0.39, 0.29) is 12.0 Å². The van der Waals surface area contributed by atoms with Crippen molar-refractivity contribution >= 4 is 0 Å². The molecule has 1 N–H and O–H groups in total. The Morgan fingerprint density at radius 1 is 1.12 bits per heavy atom. The molecular formula is C18H23N3O3. The first-order chi connectivity index (χ1) is 11.7. The van der Waals surface area contributed by atoms with E-state index in [0.29, 0.717) is 6.54 Å². The van der Waals surface area contributed by atoms with E-state index < -0.39 is 0 Å². The van der Waals surface area contributed by atoms with Gasteiger partial charge < -0.3 is 14.6 Å². The van der Waals surface area contributed by atoms with Gasteiger partial charge in [0.05, 0.1) is 26.0 Å². The molecule has 0 radical (unpaired) electrons. The monoisotopic (exact) mass is 329 g/mol. The van der Waals surface area contributed by atoms with Gasteiger partial charge in [0.1, 0.15) is 11.5 Å². The molecular weight excluding hydrogens is 306 g/mol. The van der Waals surface area contributed by atoms with Crippen molar-refractivity contribution in [3.05, 3.63) is 48.0 Å². The van der Waals surface area contributed by atoms with Crippen LogP contribution in [0.25, 0.3) is 0 Å². The molecule has 0 spiro atoms. The van der Waals surface area contributed by atoms with Crippen LogP contribution in [0.15, 0.2) is 36.8 Å². The fourth-order valence-electron chi connectivity index (χ4n) is 3.19. The van der Waals surface area contributed by atoms with Crippen LogP contribution in [0.1, 0.15) is 11.3 Å². The molecule has 2 aromatic rings. The van der Waals surface area contributed by atoms with Gasteiger partial charge in [-0.3, -0.25) is 14.9 Å². The molecule has 3 rings (SSSR count). The van der Waals surface area contributed by atoms with Crippen molar-refractivity contribution in [1.29, 1.82) is 0 Å². The van der Waals surface area contributed by atoms with E-state index in [4.69, 9.17) is 9.47 Å². The average Bonchev–Trinajstić information content (AvgIpc) is 2.94. The Bertz CT molecular complexity index is 644. The highest BCUT2D eigenvalue weighted by molar-refractivity contribution is 5.38. The van der Waals surface area contributed by atoms with E-state index in [1.54, 1.807) is 32.8 Å². The van der Waals surface area contributed by atoms with E-state index >= 15 is 0 Å². The summed E-state index contributed by atoms with van der Waals surface area (Å²) < 4.78 is 10.6. The molecule has 6 heteroatoms. The maximum atomic E-state index is 10.4. The molecule has 2 atom stereocenters. The molecule has 1 aromatic heterocycles. The predicted octanol–water partition coefficient (Wildman–Crippen LogP) is 1.53. The van der Waals surface area contributed by atoms with Crippen LogP contribution in [-0.2, 0) is 13.0 Å². The maximum absolute atomic E-state index is 10.4. The summed E-state index contributed by atoms with van der Waals surface area (Å²) >= 11 is 0.